The summed E-state index contributed by atoms with van der Waals surface area (Å²) < 4.78 is 0. The predicted molar refractivity (Wildman–Crippen MR) is 77.4 cm³/mol. The minimum absolute atomic E-state index is 0.125. The first-order valence-corrected chi connectivity index (χ1v) is 7.25. The van der Waals surface area contributed by atoms with Crippen molar-refractivity contribution in [1.29, 1.82) is 0 Å². The van der Waals surface area contributed by atoms with Crippen molar-refractivity contribution >= 4 is 29.3 Å². The van der Waals surface area contributed by atoms with E-state index in [1.165, 1.54) is 17.4 Å². The molecule has 5 heteroatoms. The zero-order valence-electron chi connectivity index (χ0n) is 11.2. The van der Waals surface area contributed by atoms with Gasteiger partial charge >= 0.3 is 5.97 Å². The molecule has 0 spiro atoms. The molecule has 0 aliphatic carbocycles. The lowest BCUT2D eigenvalue weighted by atomic mass is 10.1. The number of aliphatic carboxylic acids is 1. The first-order valence-electron chi connectivity index (χ1n) is 6.37. The molecule has 2 N–H and O–H groups in total. The second-order valence-electron chi connectivity index (χ2n) is 4.24. The van der Waals surface area contributed by atoms with Gasteiger partial charge in [0.1, 0.15) is 0 Å². The molecule has 1 unspecified atom stereocenters. The second kappa shape index (κ2) is 7.74. The zero-order chi connectivity index (χ0) is 14.3. The lowest BCUT2D eigenvalue weighted by molar-refractivity contribution is -0.131. The molecule has 0 aliphatic rings. The average Bonchev–Trinajstić information content (AvgIpc) is 2.84. The van der Waals surface area contributed by atoms with Gasteiger partial charge in [-0.1, -0.05) is 20.3 Å². The Bertz CT molecular complexity index is 465. The number of thiophene rings is 1. The lowest BCUT2D eigenvalue weighted by Crippen LogP contribution is -2.34. The number of carboxylic acids is 1. The van der Waals surface area contributed by atoms with E-state index in [4.69, 9.17) is 5.11 Å². The van der Waals surface area contributed by atoms with E-state index in [-0.39, 0.29) is 11.9 Å². The van der Waals surface area contributed by atoms with E-state index in [1.807, 2.05) is 6.92 Å². The summed E-state index contributed by atoms with van der Waals surface area (Å²) in [6.45, 7) is 4.13. The van der Waals surface area contributed by atoms with Crippen LogP contribution in [0, 0.1) is 0 Å². The summed E-state index contributed by atoms with van der Waals surface area (Å²) >= 11 is 1.32. The van der Waals surface area contributed by atoms with Crippen LogP contribution in [0.15, 0.2) is 17.5 Å². The van der Waals surface area contributed by atoms with Crippen LogP contribution in [0.5, 0.6) is 0 Å². The molecule has 0 radical (unpaired) electrons. The van der Waals surface area contributed by atoms with Gasteiger partial charge in [-0.3, -0.25) is 4.79 Å². The van der Waals surface area contributed by atoms with Gasteiger partial charge in [-0.15, -0.1) is 11.3 Å². The van der Waals surface area contributed by atoms with Crippen molar-refractivity contribution in [3.8, 4) is 0 Å². The molecule has 0 saturated heterocycles. The fraction of sp³-hybridized carbons (Fsp3) is 0.429. The van der Waals surface area contributed by atoms with Gasteiger partial charge in [0.05, 0.1) is 4.88 Å². The molecule has 104 valence electrons. The van der Waals surface area contributed by atoms with Gasteiger partial charge in [0.15, 0.2) is 0 Å². The lowest BCUT2D eigenvalue weighted by Gasteiger charge is -2.15. The third kappa shape index (κ3) is 4.87. The van der Waals surface area contributed by atoms with Crippen LogP contribution in [0.3, 0.4) is 0 Å². The van der Waals surface area contributed by atoms with E-state index >= 15 is 0 Å². The summed E-state index contributed by atoms with van der Waals surface area (Å²) in [6, 6.07) is 1.93. The van der Waals surface area contributed by atoms with Crippen molar-refractivity contribution in [2.45, 2.75) is 39.2 Å². The van der Waals surface area contributed by atoms with Crippen molar-refractivity contribution in [2.75, 3.05) is 0 Å². The maximum absolute atomic E-state index is 12.1. The molecule has 0 aromatic carbocycles. The molecule has 0 fully saturated rings. The van der Waals surface area contributed by atoms with Crippen molar-refractivity contribution in [3.05, 3.63) is 28.0 Å². The number of hydrogen-bond donors (Lipinski definition) is 2. The molecule has 19 heavy (non-hydrogen) atoms. The number of carboxylic acid groups (broad SMARTS) is 1. The summed E-state index contributed by atoms with van der Waals surface area (Å²) in [7, 11) is 0. The summed E-state index contributed by atoms with van der Waals surface area (Å²) in [4.78, 5) is 23.2. The highest BCUT2D eigenvalue weighted by Crippen LogP contribution is 2.19. The smallest absolute Gasteiger partial charge is 0.328 e. The molecule has 1 aromatic rings. The normalized spacial score (nSPS) is 12.5. The molecular formula is C14H19NO3S. The third-order valence-electron chi connectivity index (χ3n) is 2.77. The van der Waals surface area contributed by atoms with Crippen LogP contribution < -0.4 is 5.32 Å². The third-order valence-corrected chi connectivity index (χ3v) is 3.70. The van der Waals surface area contributed by atoms with Gasteiger partial charge in [0.25, 0.3) is 5.91 Å². The van der Waals surface area contributed by atoms with Crippen molar-refractivity contribution in [3.63, 3.8) is 0 Å². The Hall–Kier alpha value is -1.62. The highest BCUT2D eigenvalue weighted by molar-refractivity contribution is 7.12. The number of amides is 1. The molecule has 4 nitrogen and oxygen atoms in total. The van der Waals surface area contributed by atoms with Crippen LogP contribution in [0.25, 0.3) is 6.08 Å². The van der Waals surface area contributed by atoms with E-state index in [9.17, 15) is 9.59 Å². The number of carbonyl (C=O) groups is 2. The number of hydrogen-bond acceptors (Lipinski definition) is 3. The zero-order valence-corrected chi connectivity index (χ0v) is 12.0. The Kier molecular flexibility index (Phi) is 6.29. The SMILES string of the molecule is CCCC(CC)NC(=O)c1sccc1/C=C/C(=O)O. The topological polar surface area (TPSA) is 66.4 Å². The van der Waals surface area contributed by atoms with E-state index in [0.717, 1.165) is 25.3 Å². The van der Waals surface area contributed by atoms with E-state index in [0.29, 0.717) is 10.4 Å². The maximum atomic E-state index is 12.1. The standard InChI is InChI=1S/C14H19NO3S/c1-3-5-11(4-2)15-14(18)13-10(8-9-19-13)6-7-12(16)17/h6-9,11H,3-5H2,1-2H3,(H,15,18)(H,16,17)/b7-6+. The summed E-state index contributed by atoms with van der Waals surface area (Å²) in [5.41, 5.74) is 0.649. The highest BCUT2D eigenvalue weighted by atomic mass is 32.1. The van der Waals surface area contributed by atoms with Crippen LogP contribution >= 0.6 is 11.3 Å². The predicted octanol–water partition coefficient (Wildman–Crippen LogP) is 3.15. The first-order chi connectivity index (χ1) is 9.08. The Labute approximate surface area is 117 Å². The minimum Gasteiger partial charge on any atom is -0.478 e. The quantitative estimate of drug-likeness (QED) is 0.754. The van der Waals surface area contributed by atoms with Gasteiger partial charge in [-0.2, -0.15) is 0 Å². The fourth-order valence-electron chi connectivity index (χ4n) is 1.77. The molecular weight excluding hydrogens is 262 g/mol. The summed E-state index contributed by atoms with van der Waals surface area (Å²) in [6.07, 6.45) is 5.37. The maximum Gasteiger partial charge on any atom is 0.328 e. The van der Waals surface area contributed by atoms with Crippen molar-refractivity contribution < 1.29 is 14.7 Å². The van der Waals surface area contributed by atoms with Crippen LogP contribution in [0.1, 0.15) is 48.3 Å². The van der Waals surface area contributed by atoms with Gasteiger partial charge in [0, 0.05) is 12.1 Å². The van der Waals surface area contributed by atoms with Crippen LogP contribution in [-0.4, -0.2) is 23.0 Å². The summed E-state index contributed by atoms with van der Waals surface area (Å²) in [5, 5.41) is 13.4. The molecule has 0 aliphatic heterocycles. The molecule has 0 bridgehead atoms. The van der Waals surface area contributed by atoms with Crippen molar-refractivity contribution in [1.82, 2.24) is 5.32 Å². The number of carbonyl (C=O) groups excluding carboxylic acids is 1. The van der Waals surface area contributed by atoms with Gasteiger partial charge in [0.2, 0.25) is 0 Å². The van der Waals surface area contributed by atoms with E-state index in [1.54, 1.807) is 11.4 Å². The fourth-order valence-corrected chi connectivity index (χ4v) is 2.56. The van der Waals surface area contributed by atoms with E-state index < -0.39 is 5.97 Å². The largest absolute Gasteiger partial charge is 0.478 e. The molecule has 1 atom stereocenters. The van der Waals surface area contributed by atoms with Crippen LogP contribution in [0.4, 0.5) is 0 Å². The van der Waals surface area contributed by atoms with Crippen LogP contribution in [0.2, 0.25) is 0 Å². The molecule has 1 rings (SSSR count). The Balaban J connectivity index is 2.77. The monoisotopic (exact) mass is 281 g/mol. The van der Waals surface area contributed by atoms with Gasteiger partial charge < -0.3 is 10.4 Å². The molecule has 1 heterocycles. The first kappa shape index (κ1) is 15.4. The number of rotatable bonds is 7. The van der Waals surface area contributed by atoms with Crippen molar-refractivity contribution in [2.24, 2.45) is 0 Å². The average molecular weight is 281 g/mol. The Morgan fingerprint density at radius 1 is 1.47 bits per heavy atom. The molecule has 1 aromatic heterocycles. The Morgan fingerprint density at radius 2 is 2.21 bits per heavy atom. The Morgan fingerprint density at radius 3 is 2.79 bits per heavy atom. The van der Waals surface area contributed by atoms with E-state index in [2.05, 4.69) is 12.2 Å². The highest BCUT2D eigenvalue weighted by Gasteiger charge is 2.15. The molecule has 0 saturated carbocycles. The van der Waals surface area contributed by atoms with Crippen LogP contribution in [-0.2, 0) is 4.79 Å². The van der Waals surface area contributed by atoms with Gasteiger partial charge in [-0.25, -0.2) is 4.79 Å². The number of nitrogens with one attached hydrogen (secondary N) is 1. The minimum atomic E-state index is -1.02. The van der Waals surface area contributed by atoms with Gasteiger partial charge in [-0.05, 0) is 35.9 Å². The molecule has 1 amide bonds. The summed E-state index contributed by atoms with van der Waals surface area (Å²) in [5.74, 6) is -1.14. The second-order valence-corrected chi connectivity index (χ2v) is 5.16.